The van der Waals surface area contributed by atoms with Crippen LogP contribution in [0.5, 0.6) is 0 Å². The maximum absolute atomic E-state index is 13.0. The number of nitrogens with zero attached hydrogens (tertiary/aromatic N) is 2. The molecule has 1 aliphatic rings. The van der Waals surface area contributed by atoms with Crippen molar-refractivity contribution < 1.29 is 22.4 Å². The van der Waals surface area contributed by atoms with E-state index in [0.717, 1.165) is 38.0 Å². The first kappa shape index (κ1) is 24.8. The molecule has 1 fully saturated rings. The predicted octanol–water partition coefficient (Wildman–Crippen LogP) is 3.06. The molecule has 2 heterocycles. The van der Waals surface area contributed by atoms with Crippen LogP contribution in [-0.2, 0) is 14.8 Å². The first-order chi connectivity index (χ1) is 15.9. The topological polar surface area (TPSA) is 112 Å². The minimum atomic E-state index is -3.66. The van der Waals surface area contributed by atoms with Crippen molar-refractivity contribution in [2.24, 2.45) is 0 Å². The fourth-order valence-corrected chi connectivity index (χ4v) is 5.38. The van der Waals surface area contributed by atoms with Gasteiger partial charge in [-0.1, -0.05) is 13.8 Å². The van der Waals surface area contributed by atoms with E-state index in [0.29, 0.717) is 18.8 Å². The van der Waals surface area contributed by atoms with Crippen LogP contribution in [0.3, 0.4) is 0 Å². The van der Waals surface area contributed by atoms with Crippen molar-refractivity contribution in [3.63, 3.8) is 0 Å². The summed E-state index contributed by atoms with van der Waals surface area (Å²) in [5.74, 6) is -0.531. The van der Waals surface area contributed by atoms with Gasteiger partial charge in [0.1, 0.15) is 0 Å². The largest absolute Gasteiger partial charge is 0.459 e. The van der Waals surface area contributed by atoms with Crippen molar-refractivity contribution in [1.82, 2.24) is 9.62 Å². The van der Waals surface area contributed by atoms with Gasteiger partial charge in [0.2, 0.25) is 15.9 Å². The summed E-state index contributed by atoms with van der Waals surface area (Å²) in [4.78, 5) is 26.9. The summed E-state index contributed by atoms with van der Waals surface area (Å²) in [6.45, 7) is 6.15. The van der Waals surface area contributed by atoms with Gasteiger partial charge in [-0.15, -0.1) is 0 Å². The van der Waals surface area contributed by atoms with Crippen molar-refractivity contribution in [2.45, 2.75) is 44.4 Å². The van der Waals surface area contributed by atoms with Crippen LogP contribution in [0.15, 0.2) is 45.9 Å². The number of benzene rings is 1. The van der Waals surface area contributed by atoms with Gasteiger partial charge in [0.15, 0.2) is 5.76 Å². The zero-order valence-electron chi connectivity index (χ0n) is 19.2. The average Bonchev–Trinajstić information content (AvgIpc) is 3.35. The quantitative estimate of drug-likeness (QED) is 0.545. The van der Waals surface area contributed by atoms with Crippen molar-refractivity contribution >= 4 is 33.2 Å². The molecule has 0 radical (unpaired) electrons. The van der Waals surface area contributed by atoms with E-state index in [4.69, 9.17) is 4.42 Å². The van der Waals surface area contributed by atoms with E-state index >= 15 is 0 Å². The van der Waals surface area contributed by atoms with E-state index in [1.165, 1.54) is 16.6 Å². The molecule has 0 spiro atoms. The molecule has 0 aliphatic carbocycles. The van der Waals surface area contributed by atoms with E-state index in [2.05, 4.69) is 15.5 Å². The van der Waals surface area contributed by atoms with Gasteiger partial charge in [-0.25, -0.2) is 8.42 Å². The molecule has 9 nitrogen and oxygen atoms in total. The van der Waals surface area contributed by atoms with Crippen LogP contribution in [0.1, 0.15) is 50.1 Å². The molecule has 0 unspecified atom stereocenters. The number of carbonyl (C=O) groups is 2. The van der Waals surface area contributed by atoms with Crippen LogP contribution >= 0.6 is 0 Å². The maximum atomic E-state index is 13.0. The van der Waals surface area contributed by atoms with E-state index in [1.54, 1.807) is 38.1 Å². The first-order valence-corrected chi connectivity index (χ1v) is 12.8. The van der Waals surface area contributed by atoms with E-state index in [-0.39, 0.29) is 29.5 Å². The highest BCUT2D eigenvalue weighted by Gasteiger charge is 2.24. The van der Waals surface area contributed by atoms with Gasteiger partial charge >= 0.3 is 0 Å². The number of nitrogens with one attached hydrogen (secondary N) is 2. The molecule has 1 aliphatic heterocycles. The molecule has 1 aromatic carbocycles. The molecule has 180 valence electrons. The van der Waals surface area contributed by atoms with Crippen molar-refractivity contribution in [2.75, 3.05) is 42.9 Å². The Bertz CT molecular complexity index is 1040. The number of furan rings is 1. The number of sulfonamides is 1. The third-order valence-corrected chi connectivity index (χ3v) is 7.71. The molecule has 2 amide bonds. The van der Waals surface area contributed by atoms with E-state index in [9.17, 15) is 18.0 Å². The molecule has 0 atom stereocenters. The number of carbonyl (C=O) groups excluding carboxylic acids is 2. The monoisotopic (exact) mass is 476 g/mol. The zero-order chi connectivity index (χ0) is 23.8. The van der Waals surface area contributed by atoms with Gasteiger partial charge in [0, 0.05) is 39.1 Å². The molecule has 33 heavy (non-hydrogen) atoms. The SMILES string of the molecule is CCN(CC)S(=O)(=O)c1ccc(N2CCCCC2)c(NC(=O)CCNC(=O)c2ccco2)c1. The molecule has 2 aromatic rings. The Morgan fingerprint density at radius 1 is 1.09 bits per heavy atom. The fourth-order valence-electron chi connectivity index (χ4n) is 3.90. The lowest BCUT2D eigenvalue weighted by atomic mass is 10.1. The number of hydrogen-bond donors (Lipinski definition) is 2. The Morgan fingerprint density at radius 2 is 1.82 bits per heavy atom. The van der Waals surface area contributed by atoms with Crippen LogP contribution in [0.25, 0.3) is 0 Å². The number of anilines is 2. The molecular formula is C23H32N4O5S. The zero-order valence-corrected chi connectivity index (χ0v) is 20.0. The first-order valence-electron chi connectivity index (χ1n) is 11.4. The summed E-state index contributed by atoms with van der Waals surface area (Å²) >= 11 is 0. The Kier molecular flexibility index (Phi) is 8.51. The second-order valence-corrected chi connectivity index (χ2v) is 9.79. The summed E-state index contributed by atoms with van der Waals surface area (Å²) in [6, 6.07) is 8.08. The van der Waals surface area contributed by atoms with Gasteiger partial charge in [-0.05, 0) is 49.6 Å². The highest BCUT2D eigenvalue weighted by atomic mass is 32.2. The molecular weight excluding hydrogens is 444 g/mol. The van der Waals surface area contributed by atoms with Crippen LogP contribution in [0.2, 0.25) is 0 Å². The maximum Gasteiger partial charge on any atom is 0.286 e. The minimum absolute atomic E-state index is 0.0406. The van der Waals surface area contributed by atoms with Gasteiger partial charge in [-0.3, -0.25) is 9.59 Å². The summed E-state index contributed by atoms with van der Waals surface area (Å²) in [6.07, 6.45) is 4.70. The fraction of sp³-hybridized carbons (Fsp3) is 0.478. The smallest absolute Gasteiger partial charge is 0.286 e. The molecule has 2 N–H and O–H groups in total. The number of hydrogen-bond acceptors (Lipinski definition) is 6. The Morgan fingerprint density at radius 3 is 2.45 bits per heavy atom. The molecule has 0 saturated carbocycles. The summed E-state index contributed by atoms with van der Waals surface area (Å²) in [7, 11) is -3.66. The lowest BCUT2D eigenvalue weighted by Crippen LogP contribution is -2.32. The van der Waals surface area contributed by atoms with Crippen LogP contribution in [0, 0.1) is 0 Å². The van der Waals surface area contributed by atoms with Gasteiger partial charge in [-0.2, -0.15) is 4.31 Å². The molecule has 1 saturated heterocycles. The van der Waals surface area contributed by atoms with E-state index < -0.39 is 15.9 Å². The molecule has 3 rings (SSSR count). The van der Waals surface area contributed by atoms with Crippen LogP contribution < -0.4 is 15.5 Å². The Labute approximate surface area is 195 Å². The summed E-state index contributed by atoms with van der Waals surface area (Å²) in [5.41, 5.74) is 1.27. The molecule has 10 heteroatoms. The standard InChI is InChI=1S/C23H32N4O5S/c1-3-27(4-2)33(30,31)18-10-11-20(26-14-6-5-7-15-26)19(17-18)25-22(28)12-13-24-23(29)21-9-8-16-32-21/h8-11,16-17H,3-7,12-15H2,1-2H3,(H,24,29)(H,25,28). The second kappa shape index (κ2) is 11.3. The predicted molar refractivity (Wildman–Crippen MR) is 127 cm³/mol. The minimum Gasteiger partial charge on any atom is -0.459 e. The Balaban J connectivity index is 1.76. The normalized spacial score (nSPS) is 14.3. The molecule has 0 bridgehead atoms. The highest BCUT2D eigenvalue weighted by Crippen LogP contribution is 2.32. The van der Waals surface area contributed by atoms with Crippen LogP contribution in [-0.4, -0.2) is 57.3 Å². The van der Waals surface area contributed by atoms with Crippen LogP contribution in [0.4, 0.5) is 11.4 Å². The van der Waals surface area contributed by atoms with Crippen molar-refractivity contribution in [3.8, 4) is 0 Å². The molecule has 1 aromatic heterocycles. The number of amides is 2. The van der Waals surface area contributed by atoms with Crippen molar-refractivity contribution in [1.29, 1.82) is 0 Å². The van der Waals surface area contributed by atoms with Gasteiger partial charge < -0.3 is 20.0 Å². The van der Waals surface area contributed by atoms with Gasteiger partial charge in [0.25, 0.3) is 5.91 Å². The van der Waals surface area contributed by atoms with E-state index in [1.807, 2.05) is 0 Å². The highest BCUT2D eigenvalue weighted by molar-refractivity contribution is 7.89. The number of piperidine rings is 1. The lowest BCUT2D eigenvalue weighted by molar-refractivity contribution is -0.116. The lowest BCUT2D eigenvalue weighted by Gasteiger charge is -2.31. The third kappa shape index (κ3) is 6.14. The average molecular weight is 477 g/mol. The number of rotatable bonds is 10. The summed E-state index contributed by atoms with van der Waals surface area (Å²) < 4.78 is 32.5. The summed E-state index contributed by atoms with van der Waals surface area (Å²) in [5, 5.41) is 5.50. The second-order valence-electron chi connectivity index (χ2n) is 7.85. The third-order valence-electron chi connectivity index (χ3n) is 5.66. The van der Waals surface area contributed by atoms with Crippen molar-refractivity contribution in [3.05, 3.63) is 42.4 Å². The van der Waals surface area contributed by atoms with Gasteiger partial charge in [0.05, 0.1) is 22.5 Å². The Hall–Kier alpha value is -2.85.